The van der Waals surface area contributed by atoms with Crippen molar-refractivity contribution in [1.82, 2.24) is 4.57 Å². The molecule has 0 saturated heterocycles. The van der Waals surface area contributed by atoms with E-state index in [0.29, 0.717) is 0 Å². The first-order valence-corrected chi connectivity index (χ1v) is 27.2. The summed E-state index contributed by atoms with van der Waals surface area (Å²) in [7, 11) is 0. The van der Waals surface area contributed by atoms with Crippen molar-refractivity contribution in [3.8, 4) is 61.3 Å². The minimum Gasteiger partial charge on any atom is -0.455 e. The molecule has 16 rings (SSSR count). The van der Waals surface area contributed by atoms with Crippen LogP contribution >= 0.6 is 0 Å². The number of hydrogen-bond acceptors (Lipinski definition) is 3. The number of hydrogen-bond donors (Lipinski definition) is 0. The van der Waals surface area contributed by atoms with Gasteiger partial charge in [-0.05, 0) is 129 Å². The van der Waals surface area contributed by atoms with Gasteiger partial charge in [-0.15, -0.1) is 0 Å². The Balaban J connectivity index is 0.830. The second-order valence-electron chi connectivity index (χ2n) is 21.5. The lowest BCUT2D eigenvalue weighted by molar-refractivity contribution is 0.660. The lowest BCUT2D eigenvalue weighted by Crippen LogP contribution is -2.15. The number of para-hydroxylation sites is 7. The van der Waals surface area contributed by atoms with Crippen molar-refractivity contribution in [2.24, 2.45) is 0 Å². The minimum atomic E-state index is -0.228. The van der Waals surface area contributed by atoms with Gasteiger partial charge in [-0.2, -0.15) is 0 Å². The zero-order valence-corrected chi connectivity index (χ0v) is 43.6. The number of fused-ring (bicyclic) bond motifs is 12. The lowest BCUT2D eigenvalue weighted by Gasteiger charge is -2.29. The fourth-order valence-electron chi connectivity index (χ4n) is 13.1. The summed E-state index contributed by atoms with van der Waals surface area (Å²) < 4.78 is 15.6. The molecule has 3 aromatic heterocycles. The fourth-order valence-corrected chi connectivity index (χ4v) is 13.1. The van der Waals surface area contributed by atoms with E-state index in [1.807, 2.05) is 18.2 Å². The van der Waals surface area contributed by atoms with Crippen LogP contribution in [0.25, 0.3) is 127 Å². The monoisotopic (exact) mass is 1010 g/mol. The normalized spacial score (nSPS) is 12.8. The van der Waals surface area contributed by atoms with Crippen LogP contribution in [0.15, 0.2) is 276 Å². The van der Waals surface area contributed by atoms with Gasteiger partial charge in [0.1, 0.15) is 22.3 Å². The molecule has 0 aliphatic heterocycles. The Morgan fingerprint density at radius 1 is 0.329 bits per heavy atom. The van der Waals surface area contributed by atoms with Gasteiger partial charge in [0, 0.05) is 71.5 Å². The molecule has 12 aromatic carbocycles. The van der Waals surface area contributed by atoms with Crippen molar-refractivity contribution < 1.29 is 8.83 Å². The fraction of sp³-hybridized carbons (Fsp3) is 0.0400. The van der Waals surface area contributed by atoms with Crippen LogP contribution in [0.2, 0.25) is 0 Å². The zero-order valence-electron chi connectivity index (χ0n) is 43.6. The van der Waals surface area contributed by atoms with E-state index >= 15 is 0 Å². The summed E-state index contributed by atoms with van der Waals surface area (Å²) in [5.74, 6) is 0. The zero-order chi connectivity index (χ0) is 52.3. The Bertz CT molecular complexity index is 4940. The average Bonchev–Trinajstić information content (AvgIpc) is 4.43. The first-order valence-electron chi connectivity index (χ1n) is 27.2. The van der Waals surface area contributed by atoms with Gasteiger partial charge in [0.05, 0.1) is 16.7 Å². The molecule has 0 atom stereocenters. The number of aromatic nitrogens is 1. The van der Waals surface area contributed by atoms with Crippen molar-refractivity contribution >= 4 is 82.7 Å². The number of rotatable bonds is 8. The molecule has 4 heteroatoms. The van der Waals surface area contributed by atoms with Gasteiger partial charge in [-0.3, -0.25) is 0 Å². The third kappa shape index (κ3) is 6.94. The molecular formula is C75H50N2O2. The van der Waals surface area contributed by atoms with Crippen LogP contribution in [-0.4, -0.2) is 4.57 Å². The Kier molecular flexibility index (Phi) is 9.95. The smallest absolute Gasteiger partial charge is 0.143 e. The third-order valence-corrected chi connectivity index (χ3v) is 16.8. The third-order valence-electron chi connectivity index (χ3n) is 16.8. The molecular weight excluding hydrogens is 961 g/mol. The molecule has 0 unspecified atom stereocenters. The quantitative estimate of drug-likeness (QED) is 0.152. The first-order chi connectivity index (χ1) is 38.9. The van der Waals surface area contributed by atoms with E-state index in [2.05, 4.69) is 272 Å². The predicted octanol–water partition coefficient (Wildman–Crippen LogP) is 21.0. The van der Waals surface area contributed by atoms with E-state index in [1.54, 1.807) is 0 Å². The van der Waals surface area contributed by atoms with Gasteiger partial charge in [0.25, 0.3) is 0 Å². The minimum absolute atomic E-state index is 0.228. The van der Waals surface area contributed by atoms with Crippen molar-refractivity contribution in [2.45, 2.75) is 19.3 Å². The van der Waals surface area contributed by atoms with Crippen LogP contribution in [0.3, 0.4) is 0 Å². The average molecular weight is 1010 g/mol. The van der Waals surface area contributed by atoms with E-state index in [1.165, 1.54) is 55.2 Å². The predicted molar refractivity (Wildman–Crippen MR) is 329 cm³/mol. The second-order valence-corrected chi connectivity index (χ2v) is 21.5. The van der Waals surface area contributed by atoms with Gasteiger partial charge in [-0.25, -0.2) is 0 Å². The summed E-state index contributed by atoms with van der Waals surface area (Å²) in [6.45, 7) is 4.77. The van der Waals surface area contributed by atoms with Gasteiger partial charge in [-0.1, -0.05) is 202 Å². The molecule has 0 saturated carbocycles. The molecule has 0 spiro atoms. The number of anilines is 3. The topological polar surface area (TPSA) is 34.5 Å². The molecule has 4 nitrogen and oxygen atoms in total. The van der Waals surface area contributed by atoms with Crippen LogP contribution in [0, 0.1) is 0 Å². The van der Waals surface area contributed by atoms with Crippen molar-refractivity contribution in [3.63, 3.8) is 0 Å². The largest absolute Gasteiger partial charge is 0.455 e. The van der Waals surface area contributed by atoms with Crippen LogP contribution in [0.1, 0.15) is 25.0 Å². The standard InChI is InChI=1S/C75H50N2O2/c1-75(2)65-43-39-49(45-64(65)58-42-38-50(46-66(58)75)55-26-17-33-69-72(55)63-25-7-11-32-68(63)77(69)51-19-4-3-5-20-51)54-22-6-10-31-67(54)76(52-40-36-47(37-41-52)56-27-15-29-61-59-23-8-12-34-70(59)78-73(56)61)53-21-14-18-48(44-53)57-28-16-30-62-60-24-9-13-35-71(60)79-74(57)62/h3-46H,1-2H3. The Morgan fingerprint density at radius 2 is 0.873 bits per heavy atom. The van der Waals surface area contributed by atoms with Gasteiger partial charge in [0.2, 0.25) is 0 Å². The Hall–Kier alpha value is -10.2. The second kappa shape index (κ2) is 17.4. The maximum Gasteiger partial charge on any atom is 0.143 e. The molecule has 1 aliphatic rings. The van der Waals surface area contributed by atoms with Gasteiger partial charge < -0.3 is 18.3 Å². The molecule has 0 N–H and O–H groups in total. The van der Waals surface area contributed by atoms with Gasteiger partial charge in [0.15, 0.2) is 0 Å². The van der Waals surface area contributed by atoms with Crippen molar-refractivity contribution in [2.75, 3.05) is 4.90 Å². The summed E-state index contributed by atoms with van der Waals surface area (Å²) in [6.07, 6.45) is 0. The number of furan rings is 2. The van der Waals surface area contributed by atoms with Crippen molar-refractivity contribution in [1.29, 1.82) is 0 Å². The van der Waals surface area contributed by atoms with Crippen LogP contribution in [0.4, 0.5) is 17.1 Å². The summed E-state index contributed by atoms with van der Waals surface area (Å²) in [6, 6.07) is 96.9. The van der Waals surface area contributed by atoms with Gasteiger partial charge >= 0.3 is 0 Å². The molecule has 0 fully saturated rings. The van der Waals surface area contributed by atoms with Crippen molar-refractivity contribution in [3.05, 3.63) is 278 Å². The van der Waals surface area contributed by atoms with E-state index in [0.717, 1.165) is 100 Å². The molecule has 0 amide bonds. The molecule has 0 bridgehead atoms. The number of benzene rings is 12. The summed E-state index contributed by atoms with van der Waals surface area (Å²) in [4.78, 5) is 2.41. The molecule has 0 radical (unpaired) electrons. The Morgan fingerprint density at radius 3 is 1.63 bits per heavy atom. The van der Waals surface area contributed by atoms with E-state index in [-0.39, 0.29) is 5.41 Å². The van der Waals surface area contributed by atoms with Crippen LogP contribution in [0.5, 0.6) is 0 Å². The Labute approximate surface area is 457 Å². The summed E-state index contributed by atoms with van der Waals surface area (Å²) >= 11 is 0. The van der Waals surface area contributed by atoms with Crippen LogP contribution in [-0.2, 0) is 5.41 Å². The maximum atomic E-state index is 6.62. The lowest BCUT2D eigenvalue weighted by atomic mass is 9.81. The number of nitrogens with zero attached hydrogens (tertiary/aromatic N) is 2. The first kappa shape index (κ1) is 45.1. The molecule has 79 heavy (non-hydrogen) atoms. The highest BCUT2D eigenvalue weighted by atomic mass is 16.3. The van der Waals surface area contributed by atoms with E-state index in [4.69, 9.17) is 8.83 Å². The molecule has 372 valence electrons. The van der Waals surface area contributed by atoms with Crippen LogP contribution < -0.4 is 4.90 Å². The highest BCUT2D eigenvalue weighted by Gasteiger charge is 2.36. The SMILES string of the molecule is CC1(C)c2ccc(-c3ccccc3N(c3ccc(-c4cccc5c4oc4ccccc45)cc3)c3cccc(-c4cccc5c4oc4ccccc45)c3)cc2-c2ccc(-c3cccc4c3c3ccccc3n4-c3ccccc3)cc21. The van der Waals surface area contributed by atoms with E-state index < -0.39 is 0 Å². The highest BCUT2D eigenvalue weighted by Crippen LogP contribution is 2.53. The summed E-state index contributed by atoms with van der Waals surface area (Å²) in [5.41, 5.74) is 24.3. The molecule has 3 heterocycles. The van der Waals surface area contributed by atoms with E-state index in [9.17, 15) is 0 Å². The maximum absolute atomic E-state index is 6.62. The highest BCUT2D eigenvalue weighted by molar-refractivity contribution is 6.16. The molecule has 1 aliphatic carbocycles. The molecule has 15 aromatic rings. The summed E-state index contributed by atoms with van der Waals surface area (Å²) in [5, 5.41) is 6.99.